The fraction of sp³-hybridized carbons (Fsp3) is 0.294. The molecular weight excluding hydrogens is 232 g/mol. The third-order valence-electron chi connectivity index (χ3n) is 3.30. The lowest BCUT2D eigenvalue weighted by molar-refractivity contribution is 0.660. The summed E-state index contributed by atoms with van der Waals surface area (Å²) in [5.41, 5.74) is 9.65. The molecule has 0 saturated carbocycles. The summed E-state index contributed by atoms with van der Waals surface area (Å²) in [4.78, 5) is 0. The molecule has 2 rings (SSSR count). The van der Waals surface area contributed by atoms with Crippen LogP contribution in [0.3, 0.4) is 0 Å². The van der Waals surface area contributed by atoms with Crippen LogP contribution in [-0.4, -0.2) is 12.6 Å². The first-order chi connectivity index (χ1) is 9.28. The van der Waals surface area contributed by atoms with E-state index in [0.29, 0.717) is 12.6 Å². The molecule has 3 N–H and O–H groups in total. The lowest BCUT2D eigenvalue weighted by Gasteiger charge is -2.18. The maximum absolute atomic E-state index is 5.86. The summed E-state index contributed by atoms with van der Waals surface area (Å²) in [6.45, 7) is 2.76. The van der Waals surface area contributed by atoms with E-state index in [1.54, 1.807) is 0 Å². The van der Waals surface area contributed by atoms with Crippen LogP contribution in [0.5, 0.6) is 0 Å². The van der Waals surface area contributed by atoms with Crippen LogP contribution in [0.25, 0.3) is 0 Å². The molecule has 0 spiro atoms. The smallest absolute Gasteiger partial charge is 0.0386 e. The average Bonchev–Trinajstić information content (AvgIpc) is 2.44. The fourth-order valence-corrected chi connectivity index (χ4v) is 2.21. The number of aryl methyl sites for hydroxylation is 2. The number of nitrogens with one attached hydrogen (secondary N) is 1. The maximum Gasteiger partial charge on any atom is 0.0386 e. The van der Waals surface area contributed by atoms with Crippen LogP contribution in [0.4, 0.5) is 5.69 Å². The minimum atomic E-state index is 0.321. The van der Waals surface area contributed by atoms with Crippen molar-refractivity contribution in [2.45, 2.75) is 25.8 Å². The van der Waals surface area contributed by atoms with E-state index in [1.165, 1.54) is 11.1 Å². The molecule has 0 heterocycles. The zero-order valence-electron chi connectivity index (χ0n) is 11.5. The van der Waals surface area contributed by atoms with Gasteiger partial charge in [-0.3, -0.25) is 0 Å². The molecule has 2 aromatic carbocycles. The average molecular weight is 254 g/mol. The third-order valence-corrected chi connectivity index (χ3v) is 3.30. The number of anilines is 1. The molecule has 0 fully saturated rings. The zero-order chi connectivity index (χ0) is 13.5. The van der Waals surface area contributed by atoms with E-state index in [2.05, 4.69) is 66.8 Å². The predicted octanol–water partition coefficient (Wildman–Crippen LogP) is 3.37. The van der Waals surface area contributed by atoms with Gasteiger partial charge in [0.2, 0.25) is 0 Å². The standard InChI is InChI=1S/C17H22N2/c1-14-6-5-9-16(12-14)19-17(13-18)11-10-15-7-3-2-4-8-15/h2-9,12,17,19H,10-11,13,18H2,1H3. The maximum atomic E-state index is 5.86. The van der Waals surface area contributed by atoms with Crippen molar-refractivity contribution < 1.29 is 0 Å². The zero-order valence-corrected chi connectivity index (χ0v) is 11.5. The van der Waals surface area contributed by atoms with Crippen LogP contribution < -0.4 is 11.1 Å². The molecule has 2 aromatic rings. The van der Waals surface area contributed by atoms with Gasteiger partial charge in [-0.1, -0.05) is 42.5 Å². The van der Waals surface area contributed by atoms with Gasteiger partial charge in [0.25, 0.3) is 0 Å². The Morgan fingerprint density at radius 2 is 1.84 bits per heavy atom. The van der Waals surface area contributed by atoms with Gasteiger partial charge >= 0.3 is 0 Å². The molecule has 0 bridgehead atoms. The highest BCUT2D eigenvalue weighted by molar-refractivity contribution is 5.46. The van der Waals surface area contributed by atoms with E-state index >= 15 is 0 Å². The number of hydrogen-bond donors (Lipinski definition) is 2. The van der Waals surface area contributed by atoms with Gasteiger partial charge in [-0.2, -0.15) is 0 Å². The lowest BCUT2D eigenvalue weighted by Crippen LogP contribution is -2.29. The van der Waals surface area contributed by atoms with E-state index in [9.17, 15) is 0 Å². The Bertz CT molecular complexity index is 494. The molecular formula is C17H22N2. The van der Waals surface area contributed by atoms with Crippen molar-refractivity contribution in [2.24, 2.45) is 5.73 Å². The van der Waals surface area contributed by atoms with Crippen molar-refractivity contribution >= 4 is 5.69 Å². The van der Waals surface area contributed by atoms with Crippen LogP contribution in [-0.2, 0) is 6.42 Å². The van der Waals surface area contributed by atoms with Crippen LogP contribution in [0, 0.1) is 6.92 Å². The van der Waals surface area contributed by atoms with Gasteiger partial charge in [-0.05, 0) is 43.0 Å². The quantitative estimate of drug-likeness (QED) is 0.829. The molecule has 1 atom stereocenters. The molecule has 0 amide bonds. The fourth-order valence-electron chi connectivity index (χ4n) is 2.21. The van der Waals surface area contributed by atoms with Gasteiger partial charge in [0, 0.05) is 18.3 Å². The summed E-state index contributed by atoms with van der Waals surface area (Å²) in [6, 6.07) is 19.3. The number of benzene rings is 2. The van der Waals surface area contributed by atoms with Crippen molar-refractivity contribution in [1.29, 1.82) is 0 Å². The molecule has 0 saturated heterocycles. The normalized spacial score (nSPS) is 12.1. The molecule has 0 aliphatic rings. The molecule has 0 aliphatic carbocycles. The second-order valence-electron chi connectivity index (χ2n) is 4.97. The Morgan fingerprint density at radius 1 is 1.05 bits per heavy atom. The highest BCUT2D eigenvalue weighted by Gasteiger charge is 2.06. The van der Waals surface area contributed by atoms with Crippen molar-refractivity contribution in [3.8, 4) is 0 Å². The van der Waals surface area contributed by atoms with Gasteiger partial charge in [-0.15, -0.1) is 0 Å². The SMILES string of the molecule is Cc1cccc(NC(CN)CCc2ccccc2)c1. The Hall–Kier alpha value is -1.80. The summed E-state index contributed by atoms with van der Waals surface area (Å²) < 4.78 is 0. The van der Waals surface area contributed by atoms with Crippen LogP contribution in [0.2, 0.25) is 0 Å². The van der Waals surface area contributed by atoms with Crippen LogP contribution >= 0.6 is 0 Å². The molecule has 0 radical (unpaired) electrons. The summed E-state index contributed by atoms with van der Waals surface area (Å²) >= 11 is 0. The molecule has 100 valence electrons. The Labute approximate surface area is 115 Å². The Balaban J connectivity index is 1.90. The Kier molecular flexibility index (Phi) is 4.99. The van der Waals surface area contributed by atoms with E-state index in [-0.39, 0.29) is 0 Å². The highest BCUT2D eigenvalue weighted by Crippen LogP contribution is 2.13. The van der Waals surface area contributed by atoms with Crippen molar-refractivity contribution in [3.05, 3.63) is 65.7 Å². The Morgan fingerprint density at radius 3 is 2.53 bits per heavy atom. The largest absolute Gasteiger partial charge is 0.381 e. The second kappa shape index (κ2) is 6.95. The first kappa shape index (κ1) is 13.6. The summed E-state index contributed by atoms with van der Waals surface area (Å²) in [5.74, 6) is 0. The molecule has 2 nitrogen and oxygen atoms in total. The van der Waals surface area contributed by atoms with E-state index in [1.807, 2.05) is 0 Å². The molecule has 1 unspecified atom stereocenters. The molecule has 19 heavy (non-hydrogen) atoms. The number of rotatable bonds is 6. The summed E-state index contributed by atoms with van der Waals surface area (Å²) in [7, 11) is 0. The first-order valence-electron chi connectivity index (χ1n) is 6.85. The van der Waals surface area contributed by atoms with Gasteiger partial charge in [0.1, 0.15) is 0 Å². The molecule has 0 aromatic heterocycles. The number of nitrogens with two attached hydrogens (primary N) is 1. The van der Waals surface area contributed by atoms with Gasteiger partial charge in [0.15, 0.2) is 0 Å². The van der Waals surface area contributed by atoms with Crippen molar-refractivity contribution in [2.75, 3.05) is 11.9 Å². The van der Waals surface area contributed by atoms with Crippen LogP contribution in [0.1, 0.15) is 17.5 Å². The van der Waals surface area contributed by atoms with Gasteiger partial charge in [-0.25, -0.2) is 0 Å². The highest BCUT2D eigenvalue weighted by atomic mass is 14.9. The summed E-state index contributed by atoms with van der Waals surface area (Å²) in [5, 5.41) is 3.51. The van der Waals surface area contributed by atoms with Gasteiger partial charge < -0.3 is 11.1 Å². The van der Waals surface area contributed by atoms with E-state index < -0.39 is 0 Å². The van der Waals surface area contributed by atoms with E-state index in [0.717, 1.165) is 18.5 Å². The monoisotopic (exact) mass is 254 g/mol. The third kappa shape index (κ3) is 4.42. The topological polar surface area (TPSA) is 38.0 Å². The summed E-state index contributed by atoms with van der Waals surface area (Å²) in [6.07, 6.45) is 2.11. The van der Waals surface area contributed by atoms with Crippen molar-refractivity contribution in [3.63, 3.8) is 0 Å². The van der Waals surface area contributed by atoms with Crippen molar-refractivity contribution in [1.82, 2.24) is 0 Å². The molecule has 2 heteroatoms. The van der Waals surface area contributed by atoms with Crippen LogP contribution in [0.15, 0.2) is 54.6 Å². The first-order valence-corrected chi connectivity index (χ1v) is 6.85. The second-order valence-corrected chi connectivity index (χ2v) is 4.97. The predicted molar refractivity (Wildman–Crippen MR) is 82.4 cm³/mol. The molecule has 0 aliphatic heterocycles. The number of hydrogen-bond acceptors (Lipinski definition) is 2. The van der Waals surface area contributed by atoms with E-state index in [4.69, 9.17) is 5.73 Å². The minimum Gasteiger partial charge on any atom is -0.381 e. The lowest BCUT2D eigenvalue weighted by atomic mass is 10.0. The minimum absolute atomic E-state index is 0.321. The van der Waals surface area contributed by atoms with Gasteiger partial charge in [0.05, 0.1) is 0 Å².